The van der Waals surface area contributed by atoms with Crippen LogP contribution in [-0.2, 0) is 0 Å². The van der Waals surface area contributed by atoms with E-state index in [2.05, 4.69) is 5.32 Å². The molecule has 1 saturated carbocycles. The Morgan fingerprint density at radius 2 is 1.31 bits per heavy atom. The minimum absolute atomic E-state index is 1.06. The molecule has 2 rings (SSSR count). The van der Waals surface area contributed by atoms with Crippen LogP contribution in [0.25, 0.3) is 0 Å². The van der Waals surface area contributed by atoms with E-state index in [1.165, 1.54) is 64.5 Å². The predicted molar refractivity (Wildman–Crippen MR) is 56.8 cm³/mol. The molecule has 1 nitrogen and oxygen atoms in total. The summed E-state index contributed by atoms with van der Waals surface area (Å²) >= 11 is 0. The lowest BCUT2D eigenvalue weighted by molar-refractivity contribution is 0.320. The summed E-state index contributed by atoms with van der Waals surface area (Å²) in [6, 6.07) is 0. The maximum atomic E-state index is 3.44. The van der Waals surface area contributed by atoms with E-state index >= 15 is 0 Å². The quantitative estimate of drug-likeness (QED) is 0.706. The molecule has 1 saturated heterocycles. The fourth-order valence-corrected chi connectivity index (χ4v) is 2.94. The lowest BCUT2D eigenvalue weighted by Crippen LogP contribution is -2.27. The summed E-state index contributed by atoms with van der Waals surface area (Å²) in [7, 11) is 0. The molecule has 0 unspecified atom stereocenters. The summed E-state index contributed by atoms with van der Waals surface area (Å²) in [5.74, 6) is 2.16. The molecule has 2 aliphatic rings. The standard InChI is InChI=1S/C12H23N/c1-2-4-11(3-1)5-6-12-7-9-13-10-8-12/h11-13H,1-10H2. The SMILES string of the molecule is C1CCC(CCC2CCNCC2)C1. The minimum atomic E-state index is 1.06. The van der Waals surface area contributed by atoms with Crippen LogP contribution in [0.5, 0.6) is 0 Å². The summed E-state index contributed by atoms with van der Waals surface area (Å²) in [5.41, 5.74) is 0. The third-order valence-electron chi connectivity index (χ3n) is 3.92. The molecule has 0 atom stereocenters. The molecule has 0 radical (unpaired) electrons. The van der Waals surface area contributed by atoms with E-state index in [1.54, 1.807) is 0 Å². The number of hydrogen-bond donors (Lipinski definition) is 1. The minimum Gasteiger partial charge on any atom is -0.317 e. The molecule has 1 N–H and O–H groups in total. The average molecular weight is 181 g/mol. The summed E-state index contributed by atoms with van der Waals surface area (Å²) in [6.45, 7) is 2.55. The van der Waals surface area contributed by atoms with E-state index in [1.807, 2.05) is 0 Å². The van der Waals surface area contributed by atoms with E-state index in [0.717, 1.165) is 11.8 Å². The van der Waals surface area contributed by atoms with Crippen LogP contribution in [0.3, 0.4) is 0 Å². The molecule has 1 aliphatic carbocycles. The van der Waals surface area contributed by atoms with E-state index in [-0.39, 0.29) is 0 Å². The molecule has 1 heteroatoms. The molecule has 13 heavy (non-hydrogen) atoms. The second-order valence-electron chi connectivity index (χ2n) is 4.92. The lowest BCUT2D eigenvalue weighted by atomic mass is 9.89. The van der Waals surface area contributed by atoms with E-state index < -0.39 is 0 Å². The van der Waals surface area contributed by atoms with Gasteiger partial charge in [0.1, 0.15) is 0 Å². The van der Waals surface area contributed by atoms with Crippen LogP contribution in [-0.4, -0.2) is 13.1 Å². The summed E-state index contributed by atoms with van der Waals surface area (Å²) in [6.07, 6.45) is 12.0. The topological polar surface area (TPSA) is 12.0 Å². The van der Waals surface area contributed by atoms with Crippen molar-refractivity contribution in [2.24, 2.45) is 11.8 Å². The molecule has 0 aromatic rings. The van der Waals surface area contributed by atoms with E-state index in [0.29, 0.717) is 0 Å². The van der Waals surface area contributed by atoms with Crippen LogP contribution < -0.4 is 5.32 Å². The van der Waals surface area contributed by atoms with Gasteiger partial charge in [-0.1, -0.05) is 38.5 Å². The van der Waals surface area contributed by atoms with Gasteiger partial charge in [0, 0.05) is 0 Å². The largest absolute Gasteiger partial charge is 0.317 e. The van der Waals surface area contributed by atoms with Crippen molar-refractivity contribution in [3.05, 3.63) is 0 Å². The highest BCUT2D eigenvalue weighted by Gasteiger charge is 2.18. The zero-order chi connectivity index (χ0) is 8.93. The number of piperidine rings is 1. The fraction of sp³-hybridized carbons (Fsp3) is 1.00. The fourth-order valence-electron chi connectivity index (χ4n) is 2.94. The second kappa shape index (κ2) is 4.99. The Labute approximate surface area is 82.3 Å². The van der Waals surface area contributed by atoms with Gasteiger partial charge in [0.2, 0.25) is 0 Å². The lowest BCUT2D eigenvalue weighted by Gasteiger charge is -2.23. The normalized spacial score (nSPS) is 26.8. The molecule has 0 bridgehead atoms. The first kappa shape index (κ1) is 9.51. The monoisotopic (exact) mass is 181 g/mol. The maximum Gasteiger partial charge on any atom is -0.00463 e. The Hall–Kier alpha value is -0.0400. The van der Waals surface area contributed by atoms with Gasteiger partial charge < -0.3 is 5.32 Å². The van der Waals surface area contributed by atoms with Gasteiger partial charge in [-0.15, -0.1) is 0 Å². The first-order chi connectivity index (χ1) is 6.45. The average Bonchev–Trinajstić information content (AvgIpc) is 2.69. The van der Waals surface area contributed by atoms with Crippen molar-refractivity contribution in [2.75, 3.05) is 13.1 Å². The van der Waals surface area contributed by atoms with Crippen molar-refractivity contribution in [1.82, 2.24) is 5.32 Å². The van der Waals surface area contributed by atoms with Crippen molar-refractivity contribution in [3.8, 4) is 0 Å². The Bertz CT molecular complexity index is 132. The van der Waals surface area contributed by atoms with E-state index in [4.69, 9.17) is 0 Å². The van der Waals surface area contributed by atoms with Crippen LogP contribution in [0.1, 0.15) is 51.4 Å². The number of rotatable bonds is 3. The Morgan fingerprint density at radius 3 is 1.92 bits per heavy atom. The van der Waals surface area contributed by atoms with Gasteiger partial charge in [0.25, 0.3) is 0 Å². The Morgan fingerprint density at radius 1 is 0.769 bits per heavy atom. The first-order valence-electron chi connectivity index (χ1n) is 6.16. The van der Waals surface area contributed by atoms with Gasteiger partial charge in [-0.25, -0.2) is 0 Å². The van der Waals surface area contributed by atoms with Gasteiger partial charge in [0.05, 0.1) is 0 Å². The van der Waals surface area contributed by atoms with Crippen molar-refractivity contribution in [2.45, 2.75) is 51.4 Å². The van der Waals surface area contributed by atoms with Crippen LogP contribution in [0.4, 0.5) is 0 Å². The van der Waals surface area contributed by atoms with Crippen molar-refractivity contribution in [3.63, 3.8) is 0 Å². The summed E-state index contributed by atoms with van der Waals surface area (Å²) in [5, 5.41) is 3.44. The van der Waals surface area contributed by atoms with Gasteiger partial charge in [0.15, 0.2) is 0 Å². The zero-order valence-electron chi connectivity index (χ0n) is 8.73. The molecule has 0 aromatic heterocycles. The van der Waals surface area contributed by atoms with Crippen molar-refractivity contribution >= 4 is 0 Å². The zero-order valence-corrected chi connectivity index (χ0v) is 8.73. The molecular weight excluding hydrogens is 158 g/mol. The predicted octanol–water partition coefficient (Wildman–Crippen LogP) is 2.96. The third kappa shape index (κ3) is 2.98. The van der Waals surface area contributed by atoms with E-state index in [9.17, 15) is 0 Å². The molecule has 76 valence electrons. The maximum absolute atomic E-state index is 3.44. The van der Waals surface area contributed by atoms with Gasteiger partial charge >= 0.3 is 0 Å². The second-order valence-corrected chi connectivity index (χ2v) is 4.92. The molecule has 0 spiro atoms. The van der Waals surface area contributed by atoms with Crippen LogP contribution in [0, 0.1) is 11.8 Å². The van der Waals surface area contributed by atoms with Crippen LogP contribution in [0.2, 0.25) is 0 Å². The summed E-state index contributed by atoms with van der Waals surface area (Å²) in [4.78, 5) is 0. The first-order valence-corrected chi connectivity index (χ1v) is 6.16. The number of hydrogen-bond acceptors (Lipinski definition) is 1. The van der Waals surface area contributed by atoms with Crippen LogP contribution >= 0.6 is 0 Å². The van der Waals surface area contributed by atoms with Crippen LogP contribution in [0.15, 0.2) is 0 Å². The highest BCUT2D eigenvalue weighted by molar-refractivity contribution is 4.72. The molecule has 0 aromatic carbocycles. The smallest absolute Gasteiger partial charge is 0.00463 e. The molecule has 2 fully saturated rings. The molecule has 0 amide bonds. The van der Waals surface area contributed by atoms with Gasteiger partial charge in [-0.2, -0.15) is 0 Å². The molecule has 1 aliphatic heterocycles. The Kier molecular flexibility index (Phi) is 3.65. The van der Waals surface area contributed by atoms with Gasteiger partial charge in [-0.05, 0) is 37.8 Å². The summed E-state index contributed by atoms with van der Waals surface area (Å²) < 4.78 is 0. The van der Waals surface area contributed by atoms with Crippen molar-refractivity contribution in [1.29, 1.82) is 0 Å². The van der Waals surface area contributed by atoms with Gasteiger partial charge in [-0.3, -0.25) is 0 Å². The van der Waals surface area contributed by atoms with Crippen molar-refractivity contribution < 1.29 is 0 Å². The molecule has 1 heterocycles. The Balaban J connectivity index is 1.60. The highest BCUT2D eigenvalue weighted by Crippen LogP contribution is 2.31. The number of nitrogens with one attached hydrogen (secondary N) is 1. The molecular formula is C12H23N. The third-order valence-corrected chi connectivity index (χ3v) is 3.92. The highest BCUT2D eigenvalue weighted by atomic mass is 14.9.